The molecule has 0 radical (unpaired) electrons. The van der Waals surface area contributed by atoms with E-state index >= 15 is 0 Å². The van der Waals surface area contributed by atoms with Crippen molar-refractivity contribution in [3.8, 4) is 23.0 Å². The van der Waals surface area contributed by atoms with Gasteiger partial charge in [0.2, 0.25) is 5.75 Å². The second-order valence-electron chi connectivity index (χ2n) is 7.40. The first kappa shape index (κ1) is 23.3. The maximum atomic E-state index is 13.5. The number of ether oxygens (including phenoxy) is 3. The number of nitro benzene ring substituents is 1. The van der Waals surface area contributed by atoms with Crippen molar-refractivity contribution >= 4 is 29.1 Å². The van der Waals surface area contributed by atoms with E-state index in [2.05, 4.69) is 5.10 Å². The quantitative estimate of drug-likeness (QED) is 0.309. The third-order valence-electron chi connectivity index (χ3n) is 5.36. The lowest BCUT2D eigenvalue weighted by Gasteiger charge is -2.12. The van der Waals surface area contributed by atoms with Gasteiger partial charge in [-0.1, -0.05) is 0 Å². The number of carbonyl (C=O) groups excluding carboxylic acids is 1. The normalized spacial score (nSPS) is 14.1. The Morgan fingerprint density at radius 2 is 1.54 bits per heavy atom. The van der Waals surface area contributed by atoms with Gasteiger partial charge in [-0.3, -0.25) is 14.9 Å². The summed E-state index contributed by atoms with van der Waals surface area (Å²) in [4.78, 5) is 24.0. The number of non-ortho nitro benzene ring substituents is 1. The standard InChI is InChI=1S/C25H21N3O7/c1-33-19-10-4-16(5-11-19)23-20(12-15-13-21(34-2)24(29)22(14-15)35-3)25(30)27(26-23)17-6-8-18(9-7-17)28(31)32/h4-14,29H,1-3H3/b20-12-. The molecule has 1 heterocycles. The Hall–Kier alpha value is -4.86. The van der Waals surface area contributed by atoms with Crippen LogP contribution in [0.1, 0.15) is 11.1 Å². The molecule has 0 aliphatic carbocycles. The maximum absolute atomic E-state index is 13.5. The van der Waals surface area contributed by atoms with Crippen molar-refractivity contribution in [1.82, 2.24) is 0 Å². The number of hydrogen-bond acceptors (Lipinski definition) is 8. The maximum Gasteiger partial charge on any atom is 0.281 e. The zero-order valence-electron chi connectivity index (χ0n) is 19.1. The summed E-state index contributed by atoms with van der Waals surface area (Å²) in [5.74, 6) is 0.403. The fourth-order valence-corrected chi connectivity index (χ4v) is 3.56. The summed E-state index contributed by atoms with van der Waals surface area (Å²) in [6.45, 7) is 0. The van der Waals surface area contributed by atoms with Crippen molar-refractivity contribution in [3.63, 3.8) is 0 Å². The molecule has 1 N–H and O–H groups in total. The highest BCUT2D eigenvalue weighted by atomic mass is 16.6. The zero-order chi connectivity index (χ0) is 25.1. The SMILES string of the molecule is COc1ccc(C2=NN(c3ccc([N+](=O)[O-])cc3)C(=O)/C2=C\c2cc(OC)c(O)c(OC)c2)cc1. The van der Waals surface area contributed by atoms with Crippen LogP contribution in [0.2, 0.25) is 0 Å². The lowest BCUT2D eigenvalue weighted by molar-refractivity contribution is -0.384. The Morgan fingerprint density at radius 3 is 2.06 bits per heavy atom. The molecule has 4 rings (SSSR count). The van der Waals surface area contributed by atoms with Crippen LogP contribution in [-0.2, 0) is 4.79 Å². The highest BCUT2D eigenvalue weighted by Gasteiger charge is 2.32. The minimum absolute atomic E-state index is 0.0983. The van der Waals surface area contributed by atoms with Crippen LogP contribution >= 0.6 is 0 Å². The molecular weight excluding hydrogens is 454 g/mol. The molecule has 0 spiro atoms. The van der Waals surface area contributed by atoms with E-state index in [1.165, 1.54) is 43.5 Å². The van der Waals surface area contributed by atoms with Crippen molar-refractivity contribution in [2.45, 2.75) is 0 Å². The molecule has 35 heavy (non-hydrogen) atoms. The molecule has 0 aromatic heterocycles. The molecular formula is C25H21N3O7. The van der Waals surface area contributed by atoms with Crippen LogP contribution in [0.4, 0.5) is 11.4 Å². The summed E-state index contributed by atoms with van der Waals surface area (Å²) < 4.78 is 15.7. The minimum atomic E-state index is -0.515. The summed E-state index contributed by atoms with van der Waals surface area (Å²) in [6, 6.07) is 15.7. The first-order chi connectivity index (χ1) is 16.9. The number of aromatic hydroxyl groups is 1. The van der Waals surface area contributed by atoms with E-state index in [9.17, 15) is 20.0 Å². The number of methoxy groups -OCH3 is 3. The van der Waals surface area contributed by atoms with Gasteiger partial charge in [-0.25, -0.2) is 0 Å². The minimum Gasteiger partial charge on any atom is -0.502 e. The first-order valence-electron chi connectivity index (χ1n) is 10.3. The molecule has 3 aromatic carbocycles. The van der Waals surface area contributed by atoms with E-state index in [1.54, 1.807) is 49.6 Å². The van der Waals surface area contributed by atoms with Crippen LogP contribution in [-0.4, -0.2) is 43.0 Å². The molecule has 1 amide bonds. The Morgan fingerprint density at radius 1 is 0.943 bits per heavy atom. The molecule has 0 atom stereocenters. The smallest absolute Gasteiger partial charge is 0.281 e. The van der Waals surface area contributed by atoms with Gasteiger partial charge in [0.1, 0.15) is 11.5 Å². The second kappa shape index (κ2) is 9.56. The van der Waals surface area contributed by atoms with Crippen LogP contribution in [0.25, 0.3) is 6.08 Å². The summed E-state index contributed by atoms with van der Waals surface area (Å²) in [7, 11) is 4.37. The number of carbonyl (C=O) groups is 1. The van der Waals surface area contributed by atoms with Crippen molar-refractivity contribution in [2.24, 2.45) is 5.10 Å². The predicted molar refractivity (Wildman–Crippen MR) is 129 cm³/mol. The molecule has 10 nitrogen and oxygen atoms in total. The Kier molecular flexibility index (Phi) is 6.36. The fraction of sp³-hybridized carbons (Fsp3) is 0.120. The highest BCUT2D eigenvalue weighted by Crippen LogP contribution is 2.38. The molecule has 0 fully saturated rings. The van der Waals surface area contributed by atoms with E-state index in [0.29, 0.717) is 28.3 Å². The van der Waals surface area contributed by atoms with Gasteiger partial charge in [0.15, 0.2) is 11.5 Å². The number of nitro groups is 1. The molecule has 0 bridgehead atoms. The molecule has 0 saturated heterocycles. The van der Waals surface area contributed by atoms with Crippen molar-refractivity contribution in [1.29, 1.82) is 0 Å². The topological polar surface area (TPSA) is 124 Å². The van der Waals surface area contributed by atoms with Crippen molar-refractivity contribution in [3.05, 3.63) is 87.5 Å². The number of nitrogens with zero attached hydrogens (tertiary/aromatic N) is 3. The second-order valence-corrected chi connectivity index (χ2v) is 7.40. The van der Waals surface area contributed by atoms with Gasteiger partial charge in [-0.05, 0) is 60.2 Å². The number of rotatable bonds is 7. The molecule has 1 aliphatic heterocycles. The molecule has 10 heteroatoms. The Bertz CT molecular complexity index is 1320. The van der Waals surface area contributed by atoms with Crippen LogP contribution < -0.4 is 19.2 Å². The van der Waals surface area contributed by atoms with E-state index < -0.39 is 10.8 Å². The van der Waals surface area contributed by atoms with Crippen LogP contribution in [0.3, 0.4) is 0 Å². The van der Waals surface area contributed by atoms with Crippen molar-refractivity contribution in [2.75, 3.05) is 26.3 Å². The number of hydrazone groups is 1. The number of phenols is 1. The summed E-state index contributed by atoms with van der Waals surface area (Å²) in [6.07, 6.45) is 1.61. The number of phenolic OH excluding ortho intramolecular Hbond substituents is 1. The molecule has 1 aliphatic rings. The third-order valence-corrected chi connectivity index (χ3v) is 5.36. The Labute approximate surface area is 200 Å². The van der Waals surface area contributed by atoms with Gasteiger partial charge in [-0.15, -0.1) is 0 Å². The fourth-order valence-electron chi connectivity index (χ4n) is 3.56. The molecule has 3 aromatic rings. The zero-order valence-corrected chi connectivity index (χ0v) is 19.1. The summed E-state index contributed by atoms with van der Waals surface area (Å²) in [5, 5.41) is 27.0. The van der Waals surface area contributed by atoms with Gasteiger partial charge < -0.3 is 19.3 Å². The monoisotopic (exact) mass is 475 g/mol. The van der Waals surface area contributed by atoms with Crippen molar-refractivity contribution < 1.29 is 29.0 Å². The predicted octanol–water partition coefficient (Wildman–Crippen LogP) is 4.16. The van der Waals surface area contributed by atoms with E-state index in [1.807, 2.05) is 0 Å². The van der Waals surface area contributed by atoms with E-state index in [0.717, 1.165) is 0 Å². The third kappa shape index (κ3) is 4.49. The van der Waals surface area contributed by atoms with Gasteiger partial charge >= 0.3 is 0 Å². The van der Waals surface area contributed by atoms with Gasteiger partial charge in [0, 0.05) is 17.7 Å². The molecule has 0 unspecified atom stereocenters. The lowest BCUT2D eigenvalue weighted by atomic mass is 9.99. The number of benzene rings is 3. The molecule has 0 saturated carbocycles. The van der Waals surface area contributed by atoms with E-state index in [4.69, 9.17) is 14.2 Å². The van der Waals surface area contributed by atoms with E-state index in [-0.39, 0.29) is 28.5 Å². The molecule has 178 valence electrons. The summed E-state index contributed by atoms with van der Waals surface area (Å²) >= 11 is 0. The number of hydrogen-bond donors (Lipinski definition) is 1. The van der Waals surface area contributed by atoms with Gasteiger partial charge in [0.05, 0.1) is 37.5 Å². The van der Waals surface area contributed by atoms with Crippen LogP contribution in [0, 0.1) is 10.1 Å². The largest absolute Gasteiger partial charge is 0.502 e. The Balaban J connectivity index is 1.83. The highest BCUT2D eigenvalue weighted by molar-refractivity contribution is 6.37. The average Bonchev–Trinajstić information content (AvgIpc) is 3.20. The van der Waals surface area contributed by atoms with Crippen LogP contribution in [0.5, 0.6) is 23.0 Å². The average molecular weight is 475 g/mol. The summed E-state index contributed by atoms with van der Waals surface area (Å²) in [5.41, 5.74) is 2.12. The number of amides is 1. The van der Waals surface area contributed by atoms with Gasteiger partial charge in [0.25, 0.3) is 11.6 Å². The first-order valence-corrected chi connectivity index (χ1v) is 10.3. The van der Waals surface area contributed by atoms with Gasteiger partial charge in [-0.2, -0.15) is 10.1 Å². The van der Waals surface area contributed by atoms with Crippen LogP contribution in [0.15, 0.2) is 71.3 Å². The number of anilines is 1. The lowest BCUT2D eigenvalue weighted by Crippen LogP contribution is -2.21.